The van der Waals surface area contributed by atoms with E-state index in [1.807, 2.05) is 18.3 Å². The van der Waals surface area contributed by atoms with Gasteiger partial charge in [-0.15, -0.1) is 0 Å². The Morgan fingerprint density at radius 1 is 1.22 bits per heavy atom. The molecule has 0 saturated heterocycles. The summed E-state index contributed by atoms with van der Waals surface area (Å²) in [5.41, 5.74) is 3.25. The Labute approximate surface area is 108 Å². The lowest BCUT2D eigenvalue weighted by molar-refractivity contribution is 0.0915. The Morgan fingerprint density at radius 3 is 2.56 bits per heavy atom. The first-order chi connectivity index (χ1) is 8.72. The minimum atomic E-state index is 0.147. The zero-order valence-corrected chi connectivity index (χ0v) is 11.4. The van der Waals surface area contributed by atoms with E-state index in [1.165, 1.54) is 5.56 Å². The summed E-state index contributed by atoms with van der Waals surface area (Å²) in [6.45, 7) is 6.30. The van der Waals surface area contributed by atoms with Gasteiger partial charge in [0.25, 0.3) is 0 Å². The molecule has 0 saturated carbocycles. The summed E-state index contributed by atoms with van der Waals surface area (Å²) in [5, 5.41) is 1.08. The predicted octanol–water partition coefficient (Wildman–Crippen LogP) is 4.35. The number of rotatable bonds is 5. The third-order valence-electron chi connectivity index (χ3n) is 3.80. The second-order valence-corrected chi connectivity index (χ2v) is 4.77. The van der Waals surface area contributed by atoms with Gasteiger partial charge in [0, 0.05) is 28.6 Å². The zero-order chi connectivity index (χ0) is 13.1. The number of Topliss-reactive ketones (excluding diaryl/α,β-unsaturated/α-hetero) is 1. The van der Waals surface area contributed by atoms with Crippen molar-refractivity contribution in [3.8, 4) is 0 Å². The number of hydrogen-bond acceptors (Lipinski definition) is 1. The lowest BCUT2D eigenvalue weighted by atomic mass is 9.92. The molecule has 0 aliphatic carbocycles. The van der Waals surface area contributed by atoms with Crippen LogP contribution in [0.5, 0.6) is 0 Å². The molecule has 1 heterocycles. The number of benzene rings is 1. The molecule has 18 heavy (non-hydrogen) atoms. The number of para-hydroxylation sites is 1. The fourth-order valence-corrected chi connectivity index (χ4v) is 2.59. The van der Waals surface area contributed by atoms with Gasteiger partial charge in [0.1, 0.15) is 0 Å². The minimum absolute atomic E-state index is 0.147. The topological polar surface area (TPSA) is 32.9 Å². The highest BCUT2D eigenvalue weighted by Gasteiger charge is 2.19. The summed E-state index contributed by atoms with van der Waals surface area (Å²) in [7, 11) is 0. The first-order valence-corrected chi connectivity index (χ1v) is 6.86. The van der Waals surface area contributed by atoms with Gasteiger partial charge < -0.3 is 4.98 Å². The first-order valence-electron chi connectivity index (χ1n) is 6.86. The molecular formula is C16H21NO. The maximum Gasteiger partial charge on any atom is 0.168 e. The number of hydrogen-bond donors (Lipinski definition) is 1. The average molecular weight is 243 g/mol. The van der Waals surface area contributed by atoms with Crippen LogP contribution in [0.15, 0.2) is 24.4 Å². The minimum Gasteiger partial charge on any atom is -0.360 e. The molecule has 1 aromatic carbocycles. The van der Waals surface area contributed by atoms with E-state index in [9.17, 15) is 4.79 Å². The van der Waals surface area contributed by atoms with E-state index in [2.05, 4.69) is 31.8 Å². The molecule has 0 atom stereocenters. The van der Waals surface area contributed by atoms with Gasteiger partial charge in [-0.3, -0.25) is 4.79 Å². The van der Waals surface area contributed by atoms with E-state index in [0.717, 1.165) is 35.7 Å². The zero-order valence-electron chi connectivity index (χ0n) is 11.4. The van der Waals surface area contributed by atoms with Gasteiger partial charge >= 0.3 is 0 Å². The highest BCUT2D eigenvalue weighted by atomic mass is 16.1. The molecular weight excluding hydrogens is 222 g/mol. The standard InChI is InChI=1S/C16H21NO/c1-4-11(5-2)16(18)14-10-17-15-12(6-3)8-7-9-13(14)15/h7-11,17H,4-6H2,1-3H3. The third-order valence-corrected chi connectivity index (χ3v) is 3.80. The number of fused-ring (bicyclic) bond motifs is 1. The molecule has 0 bridgehead atoms. The highest BCUT2D eigenvalue weighted by molar-refractivity contribution is 6.09. The number of ketones is 1. The number of carbonyl (C=O) groups excluding carboxylic acids is 1. The van der Waals surface area contributed by atoms with Crippen LogP contribution in [-0.4, -0.2) is 10.8 Å². The van der Waals surface area contributed by atoms with Crippen LogP contribution in [0, 0.1) is 5.92 Å². The smallest absolute Gasteiger partial charge is 0.168 e. The van der Waals surface area contributed by atoms with Crippen molar-refractivity contribution in [3.63, 3.8) is 0 Å². The molecule has 2 rings (SSSR count). The van der Waals surface area contributed by atoms with Crippen molar-refractivity contribution >= 4 is 16.7 Å². The number of H-pyrrole nitrogens is 1. The van der Waals surface area contributed by atoms with E-state index in [1.54, 1.807) is 0 Å². The number of aryl methyl sites for hydroxylation is 1. The molecule has 1 N–H and O–H groups in total. The lowest BCUT2D eigenvalue weighted by Gasteiger charge is -2.10. The molecule has 0 aliphatic rings. The van der Waals surface area contributed by atoms with Crippen LogP contribution in [0.4, 0.5) is 0 Å². The summed E-state index contributed by atoms with van der Waals surface area (Å²) in [5.74, 6) is 0.425. The van der Waals surface area contributed by atoms with E-state index in [0.29, 0.717) is 0 Å². The maximum absolute atomic E-state index is 12.5. The molecule has 96 valence electrons. The van der Waals surface area contributed by atoms with Crippen molar-refractivity contribution in [2.24, 2.45) is 5.92 Å². The van der Waals surface area contributed by atoms with Crippen LogP contribution < -0.4 is 0 Å². The molecule has 1 aromatic heterocycles. The van der Waals surface area contributed by atoms with E-state index in [-0.39, 0.29) is 11.7 Å². The Bertz CT molecular complexity index is 549. The Morgan fingerprint density at radius 2 is 1.94 bits per heavy atom. The average Bonchev–Trinajstić information content (AvgIpc) is 2.83. The monoisotopic (exact) mass is 243 g/mol. The van der Waals surface area contributed by atoms with Crippen LogP contribution in [0.1, 0.15) is 49.5 Å². The van der Waals surface area contributed by atoms with E-state index >= 15 is 0 Å². The van der Waals surface area contributed by atoms with Gasteiger partial charge in [0.05, 0.1) is 0 Å². The SMILES string of the molecule is CCc1cccc2c(C(=O)C(CC)CC)c[nH]c12. The predicted molar refractivity (Wildman–Crippen MR) is 76.1 cm³/mol. The summed E-state index contributed by atoms with van der Waals surface area (Å²) < 4.78 is 0. The quantitative estimate of drug-likeness (QED) is 0.778. The Hall–Kier alpha value is -1.57. The van der Waals surface area contributed by atoms with Crippen LogP contribution in [0.25, 0.3) is 10.9 Å². The number of carbonyl (C=O) groups is 1. The van der Waals surface area contributed by atoms with Gasteiger partial charge in [0.2, 0.25) is 0 Å². The highest BCUT2D eigenvalue weighted by Crippen LogP contribution is 2.26. The largest absolute Gasteiger partial charge is 0.360 e. The summed E-state index contributed by atoms with van der Waals surface area (Å²) in [4.78, 5) is 15.7. The molecule has 0 fully saturated rings. The normalized spacial score (nSPS) is 11.3. The van der Waals surface area contributed by atoms with Crippen molar-refractivity contribution < 1.29 is 4.79 Å². The molecule has 0 unspecified atom stereocenters. The Kier molecular flexibility index (Phi) is 3.85. The third kappa shape index (κ3) is 2.07. The Balaban J connectivity index is 2.50. The van der Waals surface area contributed by atoms with E-state index < -0.39 is 0 Å². The van der Waals surface area contributed by atoms with Crippen LogP contribution in [0.2, 0.25) is 0 Å². The first kappa shape index (κ1) is 12.9. The molecule has 0 aliphatic heterocycles. The van der Waals surface area contributed by atoms with Gasteiger partial charge in [-0.1, -0.05) is 39.0 Å². The second kappa shape index (κ2) is 5.38. The van der Waals surface area contributed by atoms with Crippen molar-refractivity contribution in [3.05, 3.63) is 35.5 Å². The van der Waals surface area contributed by atoms with Crippen molar-refractivity contribution in [1.82, 2.24) is 4.98 Å². The second-order valence-electron chi connectivity index (χ2n) is 4.77. The molecule has 2 heteroatoms. The van der Waals surface area contributed by atoms with Gasteiger partial charge in [-0.05, 0) is 24.8 Å². The molecule has 0 amide bonds. The molecule has 0 spiro atoms. The van der Waals surface area contributed by atoms with Gasteiger partial charge in [0.15, 0.2) is 5.78 Å². The lowest BCUT2D eigenvalue weighted by Crippen LogP contribution is -2.12. The fourth-order valence-electron chi connectivity index (χ4n) is 2.59. The maximum atomic E-state index is 12.5. The number of aromatic nitrogens is 1. The van der Waals surface area contributed by atoms with Crippen molar-refractivity contribution in [1.29, 1.82) is 0 Å². The van der Waals surface area contributed by atoms with Crippen molar-refractivity contribution in [2.45, 2.75) is 40.0 Å². The number of nitrogens with one attached hydrogen (secondary N) is 1. The fraction of sp³-hybridized carbons (Fsp3) is 0.438. The van der Waals surface area contributed by atoms with Crippen LogP contribution in [-0.2, 0) is 6.42 Å². The summed E-state index contributed by atoms with van der Waals surface area (Å²) in [6.07, 6.45) is 4.69. The molecule has 2 nitrogen and oxygen atoms in total. The van der Waals surface area contributed by atoms with Crippen molar-refractivity contribution in [2.75, 3.05) is 0 Å². The number of aromatic amines is 1. The van der Waals surface area contributed by atoms with Gasteiger partial charge in [-0.25, -0.2) is 0 Å². The van der Waals surface area contributed by atoms with Crippen LogP contribution >= 0.6 is 0 Å². The summed E-state index contributed by atoms with van der Waals surface area (Å²) >= 11 is 0. The molecule has 2 aromatic rings. The van der Waals surface area contributed by atoms with Gasteiger partial charge in [-0.2, -0.15) is 0 Å². The summed E-state index contributed by atoms with van der Waals surface area (Å²) in [6, 6.07) is 6.20. The molecule has 0 radical (unpaired) electrons. The van der Waals surface area contributed by atoms with Crippen LogP contribution in [0.3, 0.4) is 0 Å². The van der Waals surface area contributed by atoms with E-state index in [4.69, 9.17) is 0 Å².